The van der Waals surface area contributed by atoms with Crippen molar-refractivity contribution in [3.63, 3.8) is 0 Å². The zero-order chi connectivity index (χ0) is 20.5. The number of benzene rings is 1. The summed E-state index contributed by atoms with van der Waals surface area (Å²) in [5, 5.41) is 3.90. The Labute approximate surface area is 181 Å². The minimum absolute atomic E-state index is 0.0166. The molecule has 0 saturated carbocycles. The summed E-state index contributed by atoms with van der Waals surface area (Å²) in [5.41, 5.74) is 0.699. The number of hydrogen-bond donors (Lipinski definition) is 1. The van der Waals surface area contributed by atoms with Crippen LogP contribution in [0.25, 0.3) is 0 Å². The van der Waals surface area contributed by atoms with Crippen LogP contribution in [0.4, 0.5) is 5.88 Å². The average Bonchev–Trinajstić information content (AvgIpc) is 3.26. The van der Waals surface area contributed by atoms with Crippen molar-refractivity contribution < 1.29 is 13.9 Å². The van der Waals surface area contributed by atoms with E-state index in [0.717, 1.165) is 37.0 Å². The second-order valence-corrected chi connectivity index (χ2v) is 9.33. The quantitative estimate of drug-likeness (QED) is 0.785. The lowest BCUT2D eigenvalue weighted by Gasteiger charge is -2.49. The second-order valence-electron chi connectivity index (χ2n) is 8.30. The smallest absolute Gasteiger partial charge is 0.262 e. The van der Waals surface area contributed by atoms with Gasteiger partial charge in [-0.25, -0.2) is 4.98 Å². The molecule has 4 aliphatic heterocycles. The number of fused-ring (bicyclic) bond motifs is 3. The Morgan fingerprint density at radius 1 is 1.13 bits per heavy atom. The van der Waals surface area contributed by atoms with E-state index in [2.05, 4.69) is 27.0 Å². The lowest BCUT2D eigenvalue weighted by atomic mass is 9.79. The van der Waals surface area contributed by atoms with Gasteiger partial charge in [0.1, 0.15) is 0 Å². The molecule has 2 bridgehead atoms. The lowest BCUT2D eigenvalue weighted by molar-refractivity contribution is 0.0217. The van der Waals surface area contributed by atoms with E-state index in [0.29, 0.717) is 36.0 Å². The number of oxazole rings is 1. The molecule has 1 N–H and O–H groups in total. The molecule has 30 heavy (non-hydrogen) atoms. The molecule has 1 aromatic carbocycles. The van der Waals surface area contributed by atoms with Gasteiger partial charge in [0.15, 0.2) is 0 Å². The molecule has 0 spiro atoms. The van der Waals surface area contributed by atoms with E-state index in [9.17, 15) is 4.79 Å². The van der Waals surface area contributed by atoms with Crippen LogP contribution in [0.15, 0.2) is 45.0 Å². The molecular formula is C22H28N4O3S. The molecule has 2 aromatic rings. The predicted molar refractivity (Wildman–Crippen MR) is 115 cm³/mol. The van der Waals surface area contributed by atoms with Gasteiger partial charge in [0.2, 0.25) is 5.88 Å². The predicted octanol–water partition coefficient (Wildman–Crippen LogP) is 2.87. The molecule has 4 fully saturated rings. The third kappa shape index (κ3) is 4.08. The fraction of sp³-hybridized carbons (Fsp3) is 0.545. The number of ether oxygens (including phenoxy) is 1. The Kier molecular flexibility index (Phi) is 5.71. The largest absolute Gasteiger partial charge is 0.415 e. The fourth-order valence-electron chi connectivity index (χ4n) is 4.78. The van der Waals surface area contributed by atoms with E-state index in [1.165, 1.54) is 24.6 Å². The maximum Gasteiger partial charge on any atom is 0.262 e. The Balaban J connectivity index is 1.19. The SMILES string of the molecule is C[C@H]1[C@H](NC(=O)c2ccc(Sc3ncc(N4CCOCC4)o3)cc2)C2CCN1CC2. The Morgan fingerprint density at radius 2 is 1.87 bits per heavy atom. The van der Waals surface area contributed by atoms with Gasteiger partial charge in [-0.3, -0.25) is 9.69 Å². The van der Waals surface area contributed by atoms with Crippen molar-refractivity contribution in [3.8, 4) is 0 Å². The van der Waals surface area contributed by atoms with E-state index >= 15 is 0 Å². The first kappa shape index (κ1) is 19.9. The number of amides is 1. The number of nitrogens with one attached hydrogen (secondary N) is 1. The summed E-state index contributed by atoms with van der Waals surface area (Å²) in [4.78, 5) is 22.8. The van der Waals surface area contributed by atoms with Gasteiger partial charge in [0.25, 0.3) is 11.1 Å². The van der Waals surface area contributed by atoms with Crippen LogP contribution in [0.1, 0.15) is 30.1 Å². The highest BCUT2D eigenvalue weighted by Crippen LogP contribution is 2.33. The topological polar surface area (TPSA) is 70.8 Å². The van der Waals surface area contributed by atoms with Crippen molar-refractivity contribution in [1.82, 2.24) is 15.2 Å². The Bertz CT molecular complexity index is 871. The number of morpholine rings is 1. The molecular weight excluding hydrogens is 400 g/mol. The lowest BCUT2D eigenvalue weighted by Crippen LogP contribution is -2.62. The highest BCUT2D eigenvalue weighted by atomic mass is 32.2. The molecule has 8 heteroatoms. The zero-order valence-electron chi connectivity index (χ0n) is 17.3. The summed E-state index contributed by atoms with van der Waals surface area (Å²) in [7, 11) is 0. The van der Waals surface area contributed by atoms with Crippen molar-refractivity contribution in [2.75, 3.05) is 44.3 Å². The number of piperidine rings is 3. The summed E-state index contributed by atoms with van der Waals surface area (Å²) in [5.74, 6) is 1.40. The van der Waals surface area contributed by atoms with Gasteiger partial charge >= 0.3 is 0 Å². The molecule has 4 saturated heterocycles. The third-order valence-corrected chi connectivity index (χ3v) is 7.46. The first-order valence-corrected chi connectivity index (χ1v) is 11.6. The van der Waals surface area contributed by atoms with Crippen LogP contribution in [0.3, 0.4) is 0 Å². The van der Waals surface area contributed by atoms with E-state index < -0.39 is 0 Å². The minimum Gasteiger partial charge on any atom is -0.415 e. The van der Waals surface area contributed by atoms with Crippen LogP contribution in [0, 0.1) is 5.92 Å². The molecule has 6 rings (SSSR count). The Hall–Kier alpha value is -2.03. The average molecular weight is 429 g/mol. The summed E-state index contributed by atoms with van der Waals surface area (Å²) in [6.07, 6.45) is 4.14. The molecule has 2 atom stereocenters. The van der Waals surface area contributed by atoms with Gasteiger partial charge in [-0.1, -0.05) is 0 Å². The minimum atomic E-state index is 0.0166. The summed E-state index contributed by atoms with van der Waals surface area (Å²) < 4.78 is 11.3. The standard InChI is InChI=1S/C22H28N4O3S/c1-15-20(16-6-8-25(15)9-7-16)24-21(27)17-2-4-18(5-3-17)30-22-23-14-19(29-22)26-10-12-28-13-11-26/h2-5,14-16,20H,6-13H2,1H3,(H,24,27)/t15-,20-/m0/s1. The van der Waals surface area contributed by atoms with Crippen molar-refractivity contribution in [3.05, 3.63) is 36.0 Å². The van der Waals surface area contributed by atoms with Crippen molar-refractivity contribution >= 4 is 23.6 Å². The molecule has 1 aromatic heterocycles. The fourth-order valence-corrected chi connectivity index (χ4v) is 5.49. The molecule has 5 heterocycles. The van der Waals surface area contributed by atoms with E-state index in [1.807, 2.05) is 24.3 Å². The molecule has 0 unspecified atom stereocenters. The van der Waals surface area contributed by atoms with E-state index in [1.54, 1.807) is 6.20 Å². The van der Waals surface area contributed by atoms with Gasteiger partial charge in [-0.2, -0.15) is 0 Å². The monoisotopic (exact) mass is 428 g/mol. The summed E-state index contributed by atoms with van der Waals surface area (Å²) in [6.45, 7) is 7.63. The van der Waals surface area contributed by atoms with Crippen molar-refractivity contribution in [1.29, 1.82) is 0 Å². The zero-order valence-corrected chi connectivity index (χ0v) is 18.1. The summed E-state index contributed by atoms with van der Waals surface area (Å²) >= 11 is 1.46. The molecule has 0 aliphatic carbocycles. The highest BCUT2D eigenvalue weighted by molar-refractivity contribution is 7.99. The normalized spacial score (nSPS) is 28.5. The number of anilines is 1. The molecule has 160 valence electrons. The maximum absolute atomic E-state index is 12.8. The molecule has 1 amide bonds. The Morgan fingerprint density at radius 3 is 2.57 bits per heavy atom. The second kappa shape index (κ2) is 8.61. The van der Waals surface area contributed by atoms with Crippen LogP contribution in [0.5, 0.6) is 0 Å². The number of aromatic nitrogens is 1. The number of carbonyl (C=O) groups is 1. The van der Waals surface area contributed by atoms with Gasteiger partial charge < -0.3 is 19.4 Å². The van der Waals surface area contributed by atoms with Crippen LogP contribution in [-0.4, -0.2) is 67.3 Å². The van der Waals surface area contributed by atoms with Crippen LogP contribution in [0.2, 0.25) is 0 Å². The number of nitrogens with zero attached hydrogens (tertiary/aromatic N) is 3. The first-order valence-electron chi connectivity index (χ1n) is 10.8. The highest BCUT2D eigenvalue weighted by Gasteiger charge is 2.40. The van der Waals surface area contributed by atoms with Gasteiger partial charge in [0, 0.05) is 35.6 Å². The van der Waals surface area contributed by atoms with Crippen LogP contribution < -0.4 is 10.2 Å². The molecule has 7 nitrogen and oxygen atoms in total. The number of hydrogen-bond acceptors (Lipinski definition) is 7. The van der Waals surface area contributed by atoms with Gasteiger partial charge in [-0.05, 0) is 74.8 Å². The number of rotatable bonds is 5. The third-order valence-electron chi connectivity index (χ3n) is 6.59. The van der Waals surface area contributed by atoms with Gasteiger partial charge in [0.05, 0.1) is 19.4 Å². The van der Waals surface area contributed by atoms with Crippen molar-refractivity contribution in [2.24, 2.45) is 5.92 Å². The van der Waals surface area contributed by atoms with Gasteiger partial charge in [-0.15, -0.1) is 0 Å². The maximum atomic E-state index is 12.8. The van der Waals surface area contributed by atoms with E-state index in [4.69, 9.17) is 9.15 Å². The van der Waals surface area contributed by atoms with E-state index in [-0.39, 0.29) is 11.9 Å². The summed E-state index contributed by atoms with van der Waals surface area (Å²) in [6, 6.07) is 8.35. The molecule has 0 radical (unpaired) electrons. The van der Waals surface area contributed by atoms with Crippen LogP contribution >= 0.6 is 11.8 Å². The first-order chi connectivity index (χ1) is 14.7. The van der Waals surface area contributed by atoms with Crippen molar-refractivity contribution in [2.45, 2.75) is 42.0 Å². The molecule has 4 aliphatic rings. The van der Waals surface area contributed by atoms with Crippen LogP contribution in [-0.2, 0) is 4.74 Å². The number of carbonyl (C=O) groups excluding carboxylic acids is 1.